The van der Waals surface area contributed by atoms with Crippen LogP contribution in [0.1, 0.15) is 68.4 Å². The molecule has 1 heterocycles. The first-order valence-corrected chi connectivity index (χ1v) is 14.9. The molecule has 4 nitrogen and oxygen atoms in total. The Kier molecular flexibility index (Phi) is 8.73. The van der Waals surface area contributed by atoms with Gasteiger partial charge >= 0.3 is 0 Å². The number of ether oxygens (including phenoxy) is 3. The van der Waals surface area contributed by atoms with E-state index in [1.807, 2.05) is 26.0 Å². The molecule has 3 aromatic carbocycles. The zero-order valence-electron chi connectivity index (χ0n) is 24.1. The molecular weight excluding hydrogens is 506 g/mol. The van der Waals surface area contributed by atoms with E-state index in [1.54, 1.807) is 0 Å². The highest BCUT2D eigenvalue weighted by Gasteiger charge is 2.29. The molecule has 2 atom stereocenters. The Hall–Kier alpha value is -2.69. The third-order valence-corrected chi connectivity index (χ3v) is 8.70. The second-order valence-corrected chi connectivity index (χ2v) is 11.7. The van der Waals surface area contributed by atoms with Crippen LogP contribution in [-0.2, 0) is 6.42 Å². The van der Waals surface area contributed by atoms with Crippen molar-refractivity contribution in [2.24, 2.45) is 5.92 Å². The number of rotatable bonds is 10. The summed E-state index contributed by atoms with van der Waals surface area (Å²) in [7, 11) is 0. The summed E-state index contributed by atoms with van der Waals surface area (Å²) in [5.41, 5.74) is 7.31. The maximum absolute atomic E-state index is 6.58. The van der Waals surface area contributed by atoms with Crippen molar-refractivity contribution in [3.05, 3.63) is 75.8 Å². The molecule has 5 rings (SSSR count). The molecule has 1 aliphatic heterocycles. The minimum absolute atomic E-state index is 0.0382. The Morgan fingerprint density at radius 1 is 0.949 bits per heavy atom. The summed E-state index contributed by atoms with van der Waals surface area (Å²) in [5, 5.41) is 0.620. The van der Waals surface area contributed by atoms with Crippen molar-refractivity contribution < 1.29 is 14.2 Å². The molecule has 2 aliphatic rings. The van der Waals surface area contributed by atoms with Gasteiger partial charge in [0.05, 0.1) is 11.6 Å². The van der Waals surface area contributed by atoms with E-state index in [0.29, 0.717) is 29.3 Å². The van der Waals surface area contributed by atoms with Gasteiger partial charge in [-0.15, -0.1) is 0 Å². The van der Waals surface area contributed by atoms with Crippen LogP contribution < -0.4 is 14.2 Å². The van der Waals surface area contributed by atoms with Crippen LogP contribution in [0.25, 0.3) is 11.1 Å². The first-order valence-electron chi connectivity index (χ1n) is 14.6. The number of hydrogen-bond donors (Lipinski definition) is 0. The number of fused-ring (bicyclic) bond motifs is 1. The Morgan fingerprint density at radius 2 is 1.74 bits per heavy atom. The van der Waals surface area contributed by atoms with Crippen molar-refractivity contribution in [3.8, 4) is 28.4 Å². The Bertz CT molecular complexity index is 1300. The van der Waals surface area contributed by atoms with Crippen LogP contribution in [0.2, 0.25) is 5.02 Å². The molecule has 0 aromatic heterocycles. The monoisotopic (exact) mass is 547 g/mol. The van der Waals surface area contributed by atoms with Gasteiger partial charge in [-0.2, -0.15) is 0 Å². The second-order valence-electron chi connectivity index (χ2n) is 11.3. The lowest BCUT2D eigenvalue weighted by atomic mass is 9.93. The molecule has 1 saturated heterocycles. The largest absolute Gasteiger partial charge is 0.493 e. The van der Waals surface area contributed by atoms with Crippen LogP contribution in [0.3, 0.4) is 0 Å². The lowest BCUT2D eigenvalue weighted by molar-refractivity contribution is 0.168. The lowest BCUT2D eigenvalue weighted by Gasteiger charge is -2.27. The van der Waals surface area contributed by atoms with Gasteiger partial charge in [0.25, 0.3) is 0 Å². The second kappa shape index (κ2) is 12.2. The van der Waals surface area contributed by atoms with Crippen molar-refractivity contribution in [2.45, 2.75) is 72.4 Å². The van der Waals surface area contributed by atoms with E-state index < -0.39 is 0 Å². The Morgan fingerprint density at radius 3 is 2.54 bits per heavy atom. The van der Waals surface area contributed by atoms with Gasteiger partial charge in [0.2, 0.25) is 0 Å². The molecule has 0 N–H and O–H groups in total. The topological polar surface area (TPSA) is 30.9 Å². The zero-order chi connectivity index (χ0) is 27.5. The normalized spacial score (nSPS) is 18.9. The SMILES string of the molecule is CCOc1cc(O[C@H]2CCc3c(-c4cccc(OCCN5CCCC5C(C)C)c4C)cccc32)c(Cl)cc1C. The maximum atomic E-state index is 6.58. The average Bonchev–Trinajstić information content (AvgIpc) is 3.55. The molecule has 0 radical (unpaired) electrons. The minimum Gasteiger partial charge on any atom is -0.493 e. The van der Waals surface area contributed by atoms with E-state index in [-0.39, 0.29) is 6.10 Å². The van der Waals surface area contributed by atoms with Crippen LogP contribution in [-0.4, -0.2) is 37.2 Å². The van der Waals surface area contributed by atoms with Gasteiger partial charge < -0.3 is 14.2 Å². The number of benzene rings is 3. The van der Waals surface area contributed by atoms with Crippen molar-refractivity contribution in [2.75, 3.05) is 26.3 Å². The molecule has 0 saturated carbocycles. The molecule has 39 heavy (non-hydrogen) atoms. The first-order chi connectivity index (χ1) is 18.9. The van der Waals surface area contributed by atoms with E-state index in [0.717, 1.165) is 43.1 Å². The summed E-state index contributed by atoms with van der Waals surface area (Å²) in [4.78, 5) is 2.60. The first kappa shape index (κ1) is 27.9. The summed E-state index contributed by atoms with van der Waals surface area (Å²) in [6, 6.07) is 17.5. The molecule has 5 heteroatoms. The van der Waals surface area contributed by atoms with E-state index >= 15 is 0 Å². The molecule has 0 bridgehead atoms. The number of halogens is 1. The molecule has 1 unspecified atom stereocenters. The number of likely N-dealkylation sites (tertiary alicyclic amines) is 1. The van der Waals surface area contributed by atoms with Gasteiger partial charge in [-0.05, 0) is 104 Å². The van der Waals surface area contributed by atoms with Gasteiger partial charge in [0.15, 0.2) is 0 Å². The number of nitrogens with zero attached hydrogens (tertiary/aromatic N) is 1. The molecule has 0 amide bonds. The number of hydrogen-bond acceptors (Lipinski definition) is 4. The van der Waals surface area contributed by atoms with Crippen LogP contribution in [0.15, 0.2) is 48.5 Å². The molecular formula is C34H42ClNO3. The highest BCUT2D eigenvalue weighted by Crippen LogP contribution is 2.44. The highest BCUT2D eigenvalue weighted by molar-refractivity contribution is 6.32. The minimum atomic E-state index is -0.0382. The highest BCUT2D eigenvalue weighted by atomic mass is 35.5. The van der Waals surface area contributed by atoms with E-state index in [1.165, 1.54) is 47.2 Å². The van der Waals surface area contributed by atoms with E-state index in [2.05, 4.69) is 62.1 Å². The fourth-order valence-corrected chi connectivity index (χ4v) is 6.66. The van der Waals surface area contributed by atoms with Gasteiger partial charge in [-0.1, -0.05) is 55.8 Å². The summed E-state index contributed by atoms with van der Waals surface area (Å²) in [6.07, 6.45) is 4.45. The standard InChI is InChI=1S/C34H42ClNO3/c1-6-37-33-21-34(29(35)20-23(33)4)39-32-16-15-27-26(11-7-12-28(27)32)25-10-8-14-31(24(25)5)38-19-18-36-17-9-13-30(36)22(2)3/h7-8,10-12,14,20-22,30,32H,6,9,13,15-19H2,1-5H3/t30?,32-/m0/s1. The van der Waals surface area contributed by atoms with Crippen LogP contribution >= 0.6 is 11.6 Å². The molecule has 1 fully saturated rings. The summed E-state index contributed by atoms with van der Waals surface area (Å²) in [5.74, 6) is 3.17. The van der Waals surface area contributed by atoms with Crippen LogP contribution in [0, 0.1) is 19.8 Å². The summed E-state index contributed by atoms with van der Waals surface area (Å²) >= 11 is 6.58. The molecule has 3 aromatic rings. The van der Waals surface area contributed by atoms with E-state index in [9.17, 15) is 0 Å². The predicted molar refractivity (Wildman–Crippen MR) is 161 cm³/mol. The fourth-order valence-electron chi connectivity index (χ4n) is 6.40. The van der Waals surface area contributed by atoms with Crippen LogP contribution in [0.5, 0.6) is 17.2 Å². The molecule has 208 valence electrons. The summed E-state index contributed by atoms with van der Waals surface area (Å²) in [6.45, 7) is 14.3. The van der Waals surface area contributed by atoms with Gasteiger partial charge in [0, 0.05) is 18.7 Å². The van der Waals surface area contributed by atoms with Crippen molar-refractivity contribution in [1.29, 1.82) is 0 Å². The van der Waals surface area contributed by atoms with Gasteiger partial charge in [0.1, 0.15) is 30.0 Å². The van der Waals surface area contributed by atoms with Gasteiger partial charge in [-0.3, -0.25) is 4.90 Å². The van der Waals surface area contributed by atoms with Gasteiger partial charge in [-0.25, -0.2) is 0 Å². The third kappa shape index (κ3) is 5.93. The smallest absolute Gasteiger partial charge is 0.142 e. The maximum Gasteiger partial charge on any atom is 0.142 e. The van der Waals surface area contributed by atoms with Crippen molar-refractivity contribution in [1.82, 2.24) is 4.90 Å². The third-order valence-electron chi connectivity index (χ3n) is 8.41. The quantitative estimate of drug-likeness (QED) is 0.254. The molecule has 0 spiro atoms. The van der Waals surface area contributed by atoms with Crippen LogP contribution in [0.4, 0.5) is 0 Å². The summed E-state index contributed by atoms with van der Waals surface area (Å²) < 4.78 is 18.7. The Labute approximate surface area is 239 Å². The molecule has 1 aliphatic carbocycles. The number of aryl methyl sites for hydroxylation is 1. The fraction of sp³-hybridized carbons (Fsp3) is 0.471. The van der Waals surface area contributed by atoms with Crippen molar-refractivity contribution >= 4 is 11.6 Å². The lowest BCUT2D eigenvalue weighted by Crippen LogP contribution is -2.36. The zero-order valence-corrected chi connectivity index (χ0v) is 24.8. The van der Waals surface area contributed by atoms with E-state index in [4.69, 9.17) is 25.8 Å². The Balaban J connectivity index is 1.33. The average molecular weight is 548 g/mol. The van der Waals surface area contributed by atoms with Crippen molar-refractivity contribution in [3.63, 3.8) is 0 Å². The predicted octanol–water partition coefficient (Wildman–Crippen LogP) is 8.59.